The maximum absolute atomic E-state index is 13.7. The van der Waals surface area contributed by atoms with Crippen LogP contribution < -0.4 is 10.6 Å². The Hall–Kier alpha value is -3.42. The summed E-state index contributed by atoms with van der Waals surface area (Å²) in [7, 11) is 0. The van der Waals surface area contributed by atoms with Crippen molar-refractivity contribution in [2.45, 2.75) is 13.3 Å². The fraction of sp³-hybridized carbons (Fsp3) is 0.105. The number of carbonyl (C=O) groups excluding carboxylic acids is 1. The molecule has 0 aliphatic rings. The van der Waals surface area contributed by atoms with E-state index in [0.29, 0.717) is 5.82 Å². The van der Waals surface area contributed by atoms with Gasteiger partial charge in [-0.2, -0.15) is 0 Å². The van der Waals surface area contributed by atoms with Gasteiger partial charge in [-0.3, -0.25) is 4.79 Å². The molecule has 5 nitrogen and oxygen atoms in total. The summed E-state index contributed by atoms with van der Waals surface area (Å²) >= 11 is 0. The number of amides is 1. The van der Waals surface area contributed by atoms with E-state index >= 15 is 0 Å². The van der Waals surface area contributed by atoms with Crippen molar-refractivity contribution in [3.05, 3.63) is 77.5 Å². The molecule has 0 spiro atoms. The smallest absolute Gasteiger partial charge is 0.274 e. The number of benzene rings is 2. The molecule has 0 unspecified atom stereocenters. The van der Waals surface area contributed by atoms with E-state index < -0.39 is 29.0 Å². The fourth-order valence-corrected chi connectivity index (χ4v) is 2.33. The minimum atomic E-state index is -1.66. The molecule has 3 rings (SSSR count). The molecule has 8 heteroatoms. The molecular weight excluding hydrogens is 357 g/mol. The van der Waals surface area contributed by atoms with Gasteiger partial charge in [-0.25, -0.2) is 23.1 Å². The molecule has 0 fully saturated rings. The van der Waals surface area contributed by atoms with E-state index in [9.17, 15) is 18.0 Å². The molecule has 0 aliphatic carbocycles. The van der Waals surface area contributed by atoms with E-state index in [4.69, 9.17) is 0 Å². The predicted molar refractivity (Wildman–Crippen MR) is 95.4 cm³/mol. The van der Waals surface area contributed by atoms with Crippen molar-refractivity contribution >= 4 is 23.1 Å². The molecule has 138 valence electrons. The second-order valence-electron chi connectivity index (χ2n) is 5.64. The van der Waals surface area contributed by atoms with Gasteiger partial charge >= 0.3 is 0 Å². The zero-order valence-corrected chi connectivity index (χ0v) is 14.3. The third kappa shape index (κ3) is 4.22. The molecule has 1 aromatic heterocycles. The number of halogens is 3. The van der Waals surface area contributed by atoms with Crippen molar-refractivity contribution in [2.75, 3.05) is 10.6 Å². The average molecular weight is 372 g/mol. The number of rotatable bonds is 5. The molecule has 27 heavy (non-hydrogen) atoms. The van der Waals surface area contributed by atoms with Gasteiger partial charge in [-0.05, 0) is 36.2 Å². The standard InChI is InChI=1S/C19H15F3N4O/c1-2-11-3-5-12(6-4-11)25-16-9-15(23-10-24-16)19(27)26-14-8-7-13(20)17(21)18(14)22/h3-10H,2H2,1H3,(H,26,27)(H,23,24,25). The summed E-state index contributed by atoms with van der Waals surface area (Å²) < 4.78 is 39.9. The van der Waals surface area contributed by atoms with Gasteiger partial charge in [0, 0.05) is 11.8 Å². The highest BCUT2D eigenvalue weighted by molar-refractivity contribution is 6.03. The number of anilines is 3. The largest absolute Gasteiger partial charge is 0.340 e. The Morgan fingerprint density at radius 1 is 1.00 bits per heavy atom. The van der Waals surface area contributed by atoms with Crippen molar-refractivity contribution in [1.82, 2.24) is 9.97 Å². The number of nitrogens with zero attached hydrogens (tertiary/aromatic N) is 2. The lowest BCUT2D eigenvalue weighted by molar-refractivity contribution is 0.102. The maximum Gasteiger partial charge on any atom is 0.274 e. The van der Waals surface area contributed by atoms with E-state index in [2.05, 4.69) is 20.6 Å². The Morgan fingerprint density at radius 2 is 1.74 bits per heavy atom. The molecule has 0 radical (unpaired) electrons. The summed E-state index contributed by atoms with van der Waals surface area (Å²) in [6, 6.07) is 10.7. The number of carbonyl (C=O) groups is 1. The van der Waals surface area contributed by atoms with Crippen LogP contribution in [-0.2, 0) is 6.42 Å². The summed E-state index contributed by atoms with van der Waals surface area (Å²) in [6.45, 7) is 2.05. The van der Waals surface area contributed by atoms with E-state index in [0.717, 1.165) is 24.2 Å². The lowest BCUT2D eigenvalue weighted by Crippen LogP contribution is -2.16. The van der Waals surface area contributed by atoms with Gasteiger partial charge < -0.3 is 10.6 Å². The summed E-state index contributed by atoms with van der Waals surface area (Å²) in [6.07, 6.45) is 2.08. The number of hydrogen-bond donors (Lipinski definition) is 2. The number of aryl methyl sites for hydroxylation is 1. The zero-order valence-electron chi connectivity index (χ0n) is 14.3. The van der Waals surface area contributed by atoms with Crippen LogP contribution in [0.3, 0.4) is 0 Å². The van der Waals surface area contributed by atoms with Crippen LogP contribution in [0.4, 0.5) is 30.4 Å². The summed E-state index contributed by atoms with van der Waals surface area (Å²) in [5.41, 5.74) is 1.39. The third-order valence-electron chi connectivity index (χ3n) is 3.82. The first-order valence-corrected chi connectivity index (χ1v) is 8.10. The van der Waals surface area contributed by atoms with Crippen LogP contribution in [0.1, 0.15) is 23.0 Å². The molecule has 1 heterocycles. The SMILES string of the molecule is CCc1ccc(Nc2cc(C(=O)Nc3ccc(F)c(F)c3F)ncn2)cc1. The first-order chi connectivity index (χ1) is 13.0. The van der Waals surface area contributed by atoms with Gasteiger partial charge in [0.2, 0.25) is 0 Å². The van der Waals surface area contributed by atoms with Crippen molar-refractivity contribution < 1.29 is 18.0 Å². The molecular formula is C19H15F3N4O. The molecule has 2 N–H and O–H groups in total. The highest BCUT2D eigenvalue weighted by Crippen LogP contribution is 2.21. The highest BCUT2D eigenvalue weighted by atomic mass is 19.2. The number of aromatic nitrogens is 2. The lowest BCUT2D eigenvalue weighted by atomic mass is 10.1. The molecule has 1 amide bonds. The Kier molecular flexibility index (Phi) is 5.35. The quantitative estimate of drug-likeness (QED) is 0.650. The summed E-state index contributed by atoms with van der Waals surface area (Å²) in [4.78, 5) is 20.1. The molecule has 0 bridgehead atoms. The molecule has 0 atom stereocenters. The summed E-state index contributed by atoms with van der Waals surface area (Å²) in [5, 5.41) is 5.19. The molecule has 0 aliphatic heterocycles. The first-order valence-electron chi connectivity index (χ1n) is 8.10. The van der Waals surface area contributed by atoms with Gasteiger partial charge in [-0.1, -0.05) is 19.1 Å². The van der Waals surface area contributed by atoms with E-state index in [-0.39, 0.29) is 5.69 Å². The normalized spacial score (nSPS) is 10.5. The zero-order chi connectivity index (χ0) is 19.4. The van der Waals surface area contributed by atoms with E-state index in [1.54, 1.807) is 0 Å². The number of hydrogen-bond acceptors (Lipinski definition) is 4. The first kappa shape index (κ1) is 18.4. The van der Waals surface area contributed by atoms with Gasteiger partial charge in [0.25, 0.3) is 5.91 Å². The van der Waals surface area contributed by atoms with Crippen LogP contribution >= 0.6 is 0 Å². The highest BCUT2D eigenvalue weighted by Gasteiger charge is 2.17. The topological polar surface area (TPSA) is 66.9 Å². The van der Waals surface area contributed by atoms with Crippen LogP contribution in [0.5, 0.6) is 0 Å². The van der Waals surface area contributed by atoms with Crippen LogP contribution in [0.25, 0.3) is 0 Å². The van der Waals surface area contributed by atoms with Gasteiger partial charge in [0.1, 0.15) is 17.8 Å². The third-order valence-corrected chi connectivity index (χ3v) is 3.82. The Labute approximate surface area is 153 Å². The fourth-order valence-electron chi connectivity index (χ4n) is 2.33. The van der Waals surface area contributed by atoms with Gasteiger partial charge in [-0.15, -0.1) is 0 Å². The Bertz CT molecular complexity index is 977. The van der Waals surface area contributed by atoms with Crippen LogP contribution in [0.2, 0.25) is 0 Å². The Balaban J connectivity index is 1.76. The van der Waals surface area contributed by atoms with Crippen molar-refractivity contribution in [2.24, 2.45) is 0 Å². The second-order valence-corrected chi connectivity index (χ2v) is 5.64. The van der Waals surface area contributed by atoms with Crippen molar-refractivity contribution in [1.29, 1.82) is 0 Å². The van der Waals surface area contributed by atoms with Crippen molar-refractivity contribution in [3.63, 3.8) is 0 Å². The predicted octanol–water partition coefficient (Wildman–Crippen LogP) is 4.45. The molecule has 3 aromatic rings. The molecule has 0 saturated heterocycles. The number of nitrogens with one attached hydrogen (secondary N) is 2. The monoisotopic (exact) mass is 372 g/mol. The summed E-state index contributed by atoms with van der Waals surface area (Å²) in [5.74, 6) is -4.91. The van der Waals surface area contributed by atoms with Gasteiger partial charge in [0.15, 0.2) is 17.5 Å². The van der Waals surface area contributed by atoms with Crippen LogP contribution in [0.15, 0.2) is 48.8 Å². The average Bonchev–Trinajstić information content (AvgIpc) is 2.69. The molecule has 0 saturated carbocycles. The maximum atomic E-state index is 13.7. The minimum absolute atomic E-state index is 0.0678. The second kappa shape index (κ2) is 7.86. The lowest BCUT2D eigenvalue weighted by Gasteiger charge is -2.09. The Morgan fingerprint density at radius 3 is 2.44 bits per heavy atom. The van der Waals surface area contributed by atoms with Crippen molar-refractivity contribution in [3.8, 4) is 0 Å². The minimum Gasteiger partial charge on any atom is -0.340 e. The molecule has 2 aromatic carbocycles. The van der Waals surface area contributed by atoms with Crippen LogP contribution in [0, 0.1) is 17.5 Å². The van der Waals surface area contributed by atoms with E-state index in [1.165, 1.54) is 18.0 Å². The van der Waals surface area contributed by atoms with Crippen LogP contribution in [-0.4, -0.2) is 15.9 Å². The van der Waals surface area contributed by atoms with E-state index in [1.807, 2.05) is 31.2 Å². The van der Waals surface area contributed by atoms with Gasteiger partial charge in [0.05, 0.1) is 5.69 Å².